The number of anilines is 2. The van der Waals surface area contributed by atoms with Crippen molar-refractivity contribution in [1.29, 1.82) is 0 Å². The van der Waals surface area contributed by atoms with Crippen molar-refractivity contribution in [1.82, 2.24) is 4.98 Å². The van der Waals surface area contributed by atoms with E-state index in [4.69, 9.17) is 23.2 Å². The van der Waals surface area contributed by atoms with Crippen LogP contribution < -0.4 is 10.6 Å². The van der Waals surface area contributed by atoms with Crippen molar-refractivity contribution in [3.8, 4) is 0 Å². The Balaban J connectivity index is 1.53. The normalized spacial score (nSPS) is 10.4. The van der Waals surface area contributed by atoms with Gasteiger partial charge in [0, 0.05) is 22.3 Å². The quantitative estimate of drug-likeness (QED) is 0.605. The van der Waals surface area contributed by atoms with E-state index in [1.165, 1.54) is 0 Å². The Kier molecular flexibility index (Phi) is 6.10. The summed E-state index contributed by atoms with van der Waals surface area (Å²) in [6, 6.07) is 18.3. The minimum Gasteiger partial charge on any atom is -0.383 e. The van der Waals surface area contributed by atoms with Gasteiger partial charge >= 0.3 is 0 Å². The molecule has 0 aliphatic rings. The molecule has 0 spiro atoms. The second-order valence-corrected chi connectivity index (χ2v) is 6.51. The molecule has 2 aromatic carbocycles. The molecule has 0 atom stereocenters. The first-order chi connectivity index (χ1) is 12.6. The van der Waals surface area contributed by atoms with Gasteiger partial charge in [0.15, 0.2) is 0 Å². The second-order valence-electron chi connectivity index (χ2n) is 5.66. The molecule has 0 radical (unpaired) electrons. The smallest absolute Gasteiger partial charge is 0.274 e. The zero-order valence-corrected chi connectivity index (χ0v) is 15.4. The molecular weight excluding hydrogens is 369 g/mol. The summed E-state index contributed by atoms with van der Waals surface area (Å²) in [6.07, 6.45) is 2.40. The Labute approximate surface area is 162 Å². The van der Waals surface area contributed by atoms with Crippen LogP contribution in [-0.4, -0.2) is 17.4 Å². The van der Waals surface area contributed by atoms with E-state index in [0.717, 1.165) is 23.4 Å². The molecule has 2 N–H and O–H groups in total. The molecule has 0 unspecified atom stereocenters. The lowest BCUT2D eigenvalue weighted by Crippen LogP contribution is -2.14. The van der Waals surface area contributed by atoms with Gasteiger partial charge in [-0.05, 0) is 48.4 Å². The van der Waals surface area contributed by atoms with Crippen LogP contribution in [0.1, 0.15) is 16.1 Å². The van der Waals surface area contributed by atoms with Gasteiger partial charge in [0.1, 0.15) is 5.69 Å². The molecule has 0 aliphatic heterocycles. The summed E-state index contributed by atoms with van der Waals surface area (Å²) in [5.74, 6) is -0.240. The van der Waals surface area contributed by atoms with Gasteiger partial charge in [-0.25, -0.2) is 4.98 Å². The molecule has 0 aliphatic carbocycles. The molecule has 132 valence electrons. The first-order valence-electron chi connectivity index (χ1n) is 8.12. The van der Waals surface area contributed by atoms with E-state index in [1.54, 1.807) is 18.3 Å². The number of nitrogens with one attached hydrogen (secondary N) is 2. The van der Waals surface area contributed by atoms with Crippen LogP contribution in [0.3, 0.4) is 0 Å². The second kappa shape index (κ2) is 8.70. The molecule has 1 heterocycles. The van der Waals surface area contributed by atoms with E-state index in [2.05, 4.69) is 15.6 Å². The lowest BCUT2D eigenvalue weighted by Gasteiger charge is -2.09. The fourth-order valence-electron chi connectivity index (χ4n) is 2.42. The van der Waals surface area contributed by atoms with Gasteiger partial charge < -0.3 is 10.6 Å². The van der Waals surface area contributed by atoms with Gasteiger partial charge in [0.2, 0.25) is 0 Å². The molecule has 26 heavy (non-hydrogen) atoms. The van der Waals surface area contributed by atoms with Crippen LogP contribution in [0.15, 0.2) is 66.9 Å². The van der Waals surface area contributed by atoms with E-state index in [0.29, 0.717) is 22.3 Å². The summed E-state index contributed by atoms with van der Waals surface area (Å²) in [4.78, 5) is 16.4. The SMILES string of the molecule is O=C(Nc1ccccc1)c1ccc(NCCc2ccc(Cl)cc2Cl)cn1. The number of carbonyl (C=O) groups excluding carboxylic acids is 1. The number of hydrogen-bond acceptors (Lipinski definition) is 3. The third kappa shape index (κ3) is 4.97. The van der Waals surface area contributed by atoms with Gasteiger partial charge in [0.05, 0.1) is 11.9 Å². The predicted octanol–water partition coefficient (Wildman–Crippen LogP) is 5.30. The maximum absolute atomic E-state index is 12.2. The van der Waals surface area contributed by atoms with Crippen molar-refractivity contribution in [3.63, 3.8) is 0 Å². The molecule has 1 aromatic heterocycles. The number of pyridine rings is 1. The highest BCUT2D eigenvalue weighted by Crippen LogP contribution is 2.21. The largest absolute Gasteiger partial charge is 0.383 e. The number of carbonyl (C=O) groups is 1. The van der Waals surface area contributed by atoms with Crippen LogP contribution in [0.25, 0.3) is 0 Å². The lowest BCUT2D eigenvalue weighted by atomic mass is 10.1. The maximum atomic E-state index is 12.2. The van der Waals surface area contributed by atoms with Gasteiger partial charge in [0.25, 0.3) is 5.91 Å². The van der Waals surface area contributed by atoms with Crippen LogP contribution >= 0.6 is 23.2 Å². The van der Waals surface area contributed by atoms with Crippen molar-refractivity contribution < 1.29 is 4.79 Å². The summed E-state index contributed by atoms with van der Waals surface area (Å²) in [5, 5.41) is 7.35. The molecular formula is C20H17Cl2N3O. The monoisotopic (exact) mass is 385 g/mol. The van der Waals surface area contributed by atoms with E-state index < -0.39 is 0 Å². The van der Waals surface area contributed by atoms with Crippen LogP contribution in [-0.2, 0) is 6.42 Å². The first kappa shape index (κ1) is 18.2. The highest BCUT2D eigenvalue weighted by molar-refractivity contribution is 6.35. The van der Waals surface area contributed by atoms with Gasteiger partial charge in [-0.15, -0.1) is 0 Å². The third-order valence-corrected chi connectivity index (χ3v) is 4.35. The number of benzene rings is 2. The van der Waals surface area contributed by atoms with Gasteiger partial charge in [-0.1, -0.05) is 47.5 Å². The molecule has 0 saturated heterocycles. The number of halogens is 2. The summed E-state index contributed by atoms with van der Waals surface area (Å²) in [7, 11) is 0. The zero-order valence-electron chi connectivity index (χ0n) is 13.9. The molecule has 3 aromatic rings. The van der Waals surface area contributed by atoms with Crippen LogP contribution in [0.4, 0.5) is 11.4 Å². The van der Waals surface area contributed by atoms with Crippen LogP contribution in [0.2, 0.25) is 10.0 Å². The molecule has 3 rings (SSSR count). The Morgan fingerprint density at radius 2 is 1.77 bits per heavy atom. The van der Waals surface area contributed by atoms with Gasteiger partial charge in [-0.2, -0.15) is 0 Å². The predicted molar refractivity (Wildman–Crippen MR) is 107 cm³/mol. The third-order valence-electron chi connectivity index (χ3n) is 3.77. The number of amides is 1. The minimum absolute atomic E-state index is 0.240. The van der Waals surface area contributed by atoms with Gasteiger partial charge in [-0.3, -0.25) is 4.79 Å². The maximum Gasteiger partial charge on any atom is 0.274 e. The summed E-state index contributed by atoms with van der Waals surface area (Å²) in [5.41, 5.74) is 2.96. The average Bonchev–Trinajstić information content (AvgIpc) is 2.65. The average molecular weight is 386 g/mol. The summed E-state index contributed by atoms with van der Waals surface area (Å²) in [6.45, 7) is 0.693. The van der Waals surface area contributed by atoms with Crippen molar-refractivity contribution in [2.75, 3.05) is 17.2 Å². The van der Waals surface area contributed by atoms with Crippen molar-refractivity contribution in [2.45, 2.75) is 6.42 Å². The fourth-order valence-corrected chi connectivity index (χ4v) is 2.92. The minimum atomic E-state index is -0.240. The molecule has 0 bridgehead atoms. The number of rotatable bonds is 6. The highest BCUT2D eigenvalue weighted by Gasteiger charge is 2.07. The molecule has 0 saturated carbocycles. The van der Waals surface area contributed by atoms with E-state index in [9.17, 15) is 4.79 Å². The van der Waals surface area contributed by atoms with Crippen LogP contribution in [0, 0.1) is 0 Å². The van der Waals surface area contributed by atoms with E-state index in [-0.39, 0.29) is 5.91 Å². The zero-order chi connectivity index (χ0) is 18.4. The number of hydrogen-bond donors (Lipinski definition) is 2. The van der Waals surface area contributed by atoms with E-state index >= 15 is 0 Å². The molecule has 1 amide bonds. The number of nitrogens with zero attached hydrogens (tertiary/aromatic N) is 1. The summed E-state index contributed by atoms with van der Waals surface area (Å²) < 4.78 is 0. The lowest BCUT2D eigenvalue weighted by molar-refractivity contribution is 0.102. The first-order valence-corrected chi connectivity index (χ1v) is 8.88. The standard InChI is InChI=1S/C20H17Cl2N3O/c21-15-7-6-14(18(22)12-15)10-11-23-17-8-9-19(24-13-17)20(26)25-16-4-2-1-3-5-16/h1-9,12-13,23H,10-11H2,(H,25,26). The highest BCUT2D eigenvalue weighted by atomic mass is 35.5. The Morgan fingerprint density at radius 1 is 0.962 bits per heavy atom. The molecule has 6 heteroatoms. The fraction of sp³-hybridized carbons (Fsp3) is 0.100. The number of para-hydroxylation sites is 1. The van der Waals surface area contributed by atoms with Crippen molar-refractivity contribution in [3.05, 3.63) is 88.2 Å². The Morgan fingerprint density at radius 3 is 2.46 bits per heavy atom. The van der Waals surface area contributed by atoms with E-state index in [1.807, 2.05) is 48.5 Å². The molecule has 0 fully saturated rings. The van der Waals surface area contributed by atoms with Crippen molar-refractivity contribution in [2.24, 2.45) is 0 Å². The Bertz CT molecular complexity index is 883. The summed E-state index contributed by atoms with van der Waals surface area (Å²) >= 11 is 12.1. The molecule has 4 nitrogen and oxygen atoms in total. The number of aromatic nitrogens is 1. The van der Waals surface area contributed by atoms with Crippen LogP contribution in [0.5, 0.6) is 0 Å². The topological polar surface area (TPSA) is 54.0 Å². The van der Waals surface area contributed by atoms with Crippen molar-refractivity contribution >= 4 is 40.5 Å². The Hall–Kier alpha value is -2.56.